The Hall–Kier alpha value is 1.15. The molecular weight excluding hydrogens is 391 g/mol. The number of unbranched alkanes of at least 4 members (excludes halogenated alkanes) is 11. The first-order chi connectivity index (χ1) is 10.8. The average molecular weight is 435 g/mol. The van der Waals surface area contributed by atoms with E-state index < -0.39 is 0 Å². The molecule has 0 saturated carbocycles. The molecule has 0 aromatic rings. The van der Waals surface area contributed by atoms with Crippen LogP contribution in [0.1, 0.15) is 111 Å². The normalized spacial score (nSPS) is 10.4. The van der Waals surface area contributed by atoms with E-state index in [1.54, 1.807) is 8.87 Å². The van der Waals surface area contributed by atoms with Crippen LogP contribution < -0.4 is 0 Å². The molecule has 0 heterocycles. The van der Waals surface area contributed by atoms with Gasteiger partial charge >= 0.3 is 69.5 Å². The summed E-state index contributed by atoms with van der Waals surface area (Å²) in [5.41, 5.74) is 0. The molecule has 2 heteroatoms. The summed E-state index contributed by atoms with van der Waals surface area (Å²) >= 11 is 4.35. The van der Waals surface area contributed by atoms with Crippen LogP contribution in [0.25, 0.3) is 0 Å². The van der Waals surface area contributed by atoms with Gasteiger partial charge < -0.3 is 0 Å². The van der Waals surface area contributed by atoms with Gasteiger partial charge in [0.2, 0.25) is 0 Å². The first kappa shape index (κ1) is 25.4. The van der Waals surface area contributed by atoms with E-state index in [9.17, 15) is 0 Å². The van der Waals surface area contributed by atoms with E-state index in [0.717, 1.165) is 5.75 Å². The van der Waals surface area contributed by atoms with Crippen molar-refractivity contribution in [1.82, 2.24) is 0 Å². The van der Waals surface area contributed by atoms with Gasteiger partial charge in [-0.25, -0.2) is 0 Å². The molecule has 0 atom stereocenters. The van der Waals surface area contributed by atoms with Gasteiger partial charge in [0.1, 0.15) is 0 Å². The second-order valence-electron chi connectivity index (χ2n) is 6.36. The van der Waals surface area contributed by atoms with Gasteiger partial charge in [-0.15, -0.1) is 0 Å². The topological polar surface area (TPSA) is 0 Å². The second-order valence-corrected chi connectivity index (χ2v) is 11.1. The molecule has 0 rings (SSSR count). The molecule has 0 aromatic heterocycles. The average Bonchev–Trinajstić information content (AvgIpc) is 2.54. The Morgan fingerprint density at radius 1 is 0.500 bits per heavy atom. The van der Waals surface area contributed by atoms with E-state index in [0.29, 0.717) is 0 Å². The number of rotatable bonds is 16. The van der Waals surface area contributed by atoms with Crippen molar-refractivity contribution in [1.29, 1.82) is 0 Å². The Kier molecular flexibility index (Phi) is 31.2. The van der Waals surface area contributed by atoms with Crippen molar-refractivity contribution in [3.05, 3.63) is 0 Å². The van der Waals surface area contributed by atoms with Gasteiger partial charge in [-0.3, -0.25) is 0 Å². The third-order valence-electron chi connectivity index (χ3n) is 3.93. The van der Waals surface area contributed by atoms with Gasteiger partial charge in [0.05, 0.1) is 0 Å². The van der Waals surface area contributed by atoms with Crippen molar-refractivity contribution in [2.24, 2.45) is 0 Å². The molecule has 0 aliphatic carbocycles. The van der Waals surface area contributed by atoms with Gasteiger partial charge in [-0.2, -0.15) is 12.6 Å². The number of hydrogen-bond acceptors (Lipinski definition) is 1. The minimum atomic E-state index is 0.149. The predicted molar refractivity (Wildman–Crippen MR) is 111 cm³/mol. The molecule has 0 nitrogen and oxygen atoms in total. The van der Waals surface area contributed by atoms with Crippen LogP contribution >= 0.6 is 12.6 Å². The van der Waals surface area contributed by atoms with Crippen LogP contribution in [0, 0.1) is 0 Å². The molecular formula is C20H44SSn. The number of hydrogen-bond donors (Lipinski definition) is 1. The van der Waals surface area contributed by atoms with Crippen molar-refractivity contribution in [2.75, 3.05) is 5.75 Å². The van der Waals surface area contributed by atoms with Crippen LogP contribution in [-0.2, 0) is 0 Å². The van der Waals surface area contributed by atoms with Crippen molar-refractivity contribution >= 4 is 33.8 Å². The van der Waals surface area contributed by atoms with E-state index >= 15 is 0 Å². The van der Waals surface area contributed by atoms with Crippen molar-refractivity contribution in [3.8, 4) is 0 Å². The maximum absolute atomic E-state index is 4.20. The van der Waals surface area contributed by atoms with Crippen molar-refractivity contribution < 1.29 is 0 Å². The molecule has 0 aliphatic heterocycles. The summed E-state index contributed by atoms with van der Waals surface area (Å²) in [7, 11) is 0. The number of thiol groups is 1. The molecule has 0 N–H and O–H groups in total. The summed E-state index contributed by atoms with van der Waals surface area (Å²) in [5, 5.41) is 0. The van der Waals surface area contributed by atoms with E-state index in [-0.39, 0.29) is 21.1 Å². The van der Waals surface area contributed by atoms with E-state index in [2.05, 4.69) is 33.4 Å². The van der Waals surface area contributed by atoms with E-state index in [4.69, 9.17) is 0 Å². The molecule has 0 aromatic carbocycles. The van der Waals surface area contributed by atoms with Gasteiger partial charge in [-0.1, -0.05) is 64.7 Å². The summed E-state index contributed by atoms with van der Waals surface area (Å²) in [5.74, 6) is 1.07. The third-order valence-corrected chi connectivity index (χ3v) is 8.28. The monoisotopic (exact) mass is 436 g/mol. The zero-order valence-corrected chi connectivity index (χ0v) is 19.7. The fraction of sp³-hybridized carbons (Fsp3) is 1.00. The van der Waals surface area contributed by atoms with Crippen molar-refractivity contribution in [3.63, 3.8) is 0 Å². The molecule has 0 saturated heterocycles. The summed E-state index contributed by atoms with van der Waals surface area (Å²) in [4.78, 5) is 0. The Bertz CT molecular complexity index is 146. The zero-order valence-electron chi connectivity index (χ0n) is 16.0. The van der Waals surface area contributed by atoms with E-state index in [1.807, 2.05) is 0 Å². The molecule has 2 radical (unpaired) electrons. The van der Waals surface area contributed by atoms with E-state index in [1.165, 1.54) is 89.9 Å². The zero-order chi connectivity index (χ0) is 16.7. The second kappa shape index (κ2) is 27.0. The fourth-order valence-corrected chi connectivity index (χ4v) is 6.71. The van der Waals surface area contributed by atoms with Gasteiger partial charge in [0.15, 0.2) is 0 Å². The summed E-state index contributed by atoms with van der Waals surface area (Å²) in [6.45, 7) is 6.86. The standard InChI is InChI=1S/C12H26S.2C4H9.Sn/c1-2-3-4-5-6-7-8-9-10-11-12-13;2*1-3-4-2;/h13H,2-12H2,1H3;2*1,3-4H2,2H3;. The first-order valence-electron chi connectivity index (χ1n) is 10.1. The summed E-state index contributed by atoms with van der Waals surface area (Å²) < 4.78 is 3.25. The summed E-state index contributed by atoms with van der Waals surface area (Å²) in [6.07, 6.45) is 20.0. The minimum absolute atomic E-state index is 0.149. The molecule has 0 bridgehead atoms. The van der Waals surface area contributed by atoms with Crippen LogP contribution in [0.5, 0.6) is 0 Å². The Labute approximate surface area is 158 Å². The molecule has 0 unspecified atom stereocenters. The predicted octanol–water partition coefficient (Wildman–Crippen LogP) is 7.96. The van der Waals surface area contributed by atoms with Crippen LogP contribution in [0.4, 0.5) is 0 Å². The van der Waals surface area contributed by atoms with Crippen LogP contribution in [0.3, 0.4) is 0 Å². The Morgan fingerprint density at radius 2 is 0.864 bits per heavy atom. The van der Waals surface area contributed by atoms with Crippen LogP contribution in [0.2, 0.25) is 8.87 Å². The van der Waals surface area contributed by atoms with Gasteiger partial charge in [0.25, 0.3) is 0 Å². The van der Waals surface area contributed by atoms with Crippen molar-refractivity contribution in [2.45, 2.75) is 120 Å². The molecule has 0 fully saturated rings. The quantitative estimate of drug-likeness (QED) is 0.142. The Balaban J connectivity index is 0. The van der Waals surface area contributed by atoms with Crippen LogP contribution in [-0.4, -0.2) is 26.9 Å². The van der Waals surface area contributed by atoms with Gasteiger partial charge in [0, 0.05) is 0 Å². The first-order valence-corrected chi connectivity index (χ1v) is 14.8. The fourth-order valence-electron chi connectivity index (χ4n) is 2.33. The van der Waals surface area contributed by atoms with Gasteiger partial charge in [-0.05, 0) is 12.2 Å². The molecule has 0 amide bonds. The third kappa shape index (κ3) is 29.2. The molecule has 22 heavy (non-hydrogen) atoms. The van der Waals surface area contributed by atoms with Crippen LogP contribution in [0.15, 0.2) is 0 Å². The molecule has 134 valence electrons. The maximum atomic E-state index is 4.20. The molecule has 0 aliphatic rings. The SMILES string of the molecule is CCCCCCCCCCCCS.CCC[CH2][Sn][CH2]CCC. The summed E-state index contributed by atoms with van der Waals surface area (Å²) in [6, 6.07) is 0. The molecule has 0 spiro atoms. The Morgan fingerprint density at radius 3 is 1.23 bits per heavy atom.